The van der Waals surface area contributed by atoms with Crippen LogP contribution >= 0.6 is 31.9 Å². The number of rotatable bonds is 4. The first-order chi connectivity index (χ1) is 8.99. The Kier molecular flexibility index (Phi) is 5.39. The highest BCUT2D eigenvalue weighted by Gasteiger charge is 2.25. The van der Waals surface area contributed by atoms with E-state index in [4.69, 9.17) is 0 Å². The summed E-state index contributed by atoms with van der Waals surface area (Å²) in [6.45, 7) is 0.477. The van der Waals surface area contributed by atoms with Gasteiger partial charge in [0.05, 0.1) is 0 Å². The van der Waals surface area contributed by atoms with Gasteiger partial charge in [-0.15, -0.1) is 0 Å². The Morgan fingerprint density at radius 1 is 1.32 bits per heavy atom. The Labute approximate surface area is 130 Å². The average Bonchev–Trinajstić information content (AvgIpc) is 2.38. The summed E-state index contributed by atoms with van der Waals surface area (Å²) in [6, 6.07) is 1.56. The molecule has 0 radical (unpaired) electrons. The molecule has 4 nitrogen and oxygen atoms in total. The van der Waals surface area contributed by atoms with E-state index in [1.165, 1.54) is 19.0 Å². The molecule has 2 rings (SSSR count). The van der Waals surface area contributed by atoms with Crippen molar-refractivity contribution in [3.63, 3.8) is 0 Å². The number of nitrogens with one attached hydrogen (secondary N) is 1. The molecule has 106 valence electrons. The number of nitrogens with zero attached hydrogens (tertiary/aromatic N) is 1. The van der Waals surface area contributed by atoms with E-state index in [1.54, 1.807) is 12.3 Å². The van der Waals surface area contributed by atoms with E-state index < -0.39 is 10.0 Å². The van der Waals surface area contributed by atoms with Gasteiger partial charge < -0.3 is 0 Å². The number of alkyl halides is 1. The summed E-state index contributed by atoms with van der Waals surface area (Å²) in [5, 5.41) is 0. The Balaban J connectivity index is 2.01. The lowest BCUT2D eigenvalue weighted by Gasteiger charge is -2.27. The molecule has 19 heavy (non-hydrogen) atoms. The molecule has 1 N–H and O–H groups in total. The monoisotopic (exact) mass is 410 g/mol. The van der Waals surface area contributed by atoms with Gasteiger partial charge in [-0.3, -0.25) is 4.98 Å². The van der Waals surface area contributed by atoms with Crippen molar-refractivity contribution in [1.82, 2.24) is 9.71 Å². The predicted molar refractivity (Wildman–Crippen MR) is 81.8 cm³/mol. The van der Waals surface area contributed by atoms with Crippen molar-refractivity contribution in [1.29, 1.82) is 0 Å². The fourth-order valence-corrected chi connectivity index (χ4v) is 4.61. The largest absolute Gasteiger partial charge is 0.262 e. The van der Waals surface area contributed by atoms with Gasteiger partial charge in [0.2, 0.25) is 10.0 Å². The molecule has 0 aromatic carbocycles. The summed E-state index contributed by atoms with van der Waals surface area (Å²) in [4.78, 5) is 4.49. The first-order valence-electron chi connectivity index (χ1n) is 6.23. The molecule has 1 aromatic heterocycles. The van der Waals surface area contributed by atoms with Crippen LogP contribution < -0.4 is 4.72 Å². The molecule has 0 saturated heterocycles. The van der Waals surface area contributed by atoms with Gasteiger partial charge in [0.1, 0.15) is 4.90 Å². The highest BCUT2D eigenvalue weighted by molar-refractivity contribution is 9.10. The van der Waals surface area contributed by atoms with Crippen molar-refractivity contribution in [2.24, 2.45) is 5.92 Å². The lowest BCUT2D eigenvalue weighted by molar-refractivity contribution is 0.373. The Hall–Kier alpha value is 0.0200. The Morgan fingerprint density at radius 3 is 2.74 bits per heavy atom. The van der Waals surface area contributed by atoms with Crippen LogP contribution in [0.15, 0.2) is 27.8 Å². The zero-order valence-corrected chi connectivity index (χ0v) is 14.3. The molecule has 0 aliphatic heterocycles. The molecule has 0 amide bonds. The molecule has 1 aliphatic carbocycles. The van der Waals surface area contributed by atoms with E-state index in [2.05, 4.69) is 41.6 Å². The molecular weight excluding hydrogens is 396 g/mol. The van der Waals surface area contributed by atoms with Crippen LogP contribution in [-0.4, -0.2) is 24.8 Å². The normalized spacial score (nSPS) is 24.3. The summed E-state index contributed by atoms with van der Waals surface area (Å²) in [7, 11) is -3.47. The van der Waals surface area contributed by atoms with Gasteiger partial charge >= 0.3 is 0 Å². The fourth-order valence-electron chi connectivity index (χ4n) is 2.23. The number of sulfonamides is 1. The first kappa shape index (κ1) is 15.4. The summed E-state index contributed by atoms with van der Waals surface area (Å²) < 4.78 is 27.6. The minimum atomic E-state index is -3.47. The zero-order chi connectivity index (χ0) is 13.9. The fraction of sp³-hybridized carbons (Fsp3) is 0.583. The van der Waals surface area contributed by atoms with E-state index in [0.717, 1.165) is 12.8 Å². The zero-order valence-electron chi connectivity index (χ0n) is 10.4. The minimum Gasteiger partial charge on any atom is -0.262 e. The van der Waals surface area contributed by atoms with E-state index in [1.807, 2.05) is 0 Å². The van der Waals surface area contributed by atoms with E-state index >= 15 is 0 Å². The average molecular weight is 412 g/mol. The Morgan fingerprint density at radius 2 is 2.05 bits per heavy atom. The summed E-state index contributed by atoms with van der Waals surface area (Å²) >= 11 is 6.87. The summed E-state index contributed by atoms with van der Waals surface area (Å²) in [6.07, 6.45) is 7.50. The van der Waals surface area contributed by atoms with Gasteiger partial charge in [0.25, 0.3) is 0 Å². The second-order valence-corrected chi connectivity index (χ2v) is 8.61. The SMILES string of the molecule is O=S(=O)(NCC1CCCCC1Br)c1cncc(Br)c1. The number of hydrogen-bond donors (Lipinski definition) is 1. The van der Waals surface area contributed by atoms with Crippen molar-refractivity contribution >= 4 is 41.9 Å². The number of aromatic nitrogens is 1. The van der Waals surface area contributed by atoms with Crippen molar-refractivity contribution in [2.45, 2.75) is 35.4 Å². The molecule has 2 unspecified atom stereocenters. The van der Waals surface area contributed by atoms with Crippen molar-refractivity contribution in [3.8, 4) is 0 Å². The number of pyridine rings is 1. The van der Waals surface area contributed by atoms with Crippen molar-refractivity contribution < 1.29 is 8.42 Å². The number of hydrogen-bond acceptors (Lipinski definition) is 3. The van der Waals surface area contributed by atoms with Crippen molar-refractivity contribution in [3.05, 3.63) is 22.9 Å². The molecule has 0 spiro atoms. The minimum absolute atomic E-state index is 0.198. The standard InChI is InChI=1S/C12H16Br2N2O2S/c13-10-5-11(8-15-7-10)19(17,18)16-6-9-3-1-2-4-12(9)14/h5,7-9,12,16H,1-4,6H2. The van der Waals surface area contributed by atoms with Crippen LogP contribution in [0.1, 0.15) is 25.7 Å². The molecule has 1 saturated carbocycles. The van der Waals surface area contributed by atoms with E-state index in [0.29, 0.717) is 21.8 Å². The topological polar surface area (TPSA) is 59.1 Å². The van der Waals surface area contributed by atoms with Crippen LogP contribution in [0.5, 0.6) is 0 Å². The molecular formula is C12H16Br2N2O2S. The molecule has 1 aromatic rings. The van der Waals surface area contributed by atoms with Gasteiger partial charge in [0, 0.05) is 28.2 Å². The predicted octanol–water partition coefficient (Wildman–Crippen LogP) is 3.08. The maximum Gasteiger partial charge on any atom is 0.242 e. The first-order valence-corrected chi connectivity index (χ1v) is 9.42. The lowest BCUT2D eigenvalue weighted by Crippen LogP contribution is -2.34. The quantitative estimate of drug-likeness (QED) is 0.774. The highest BCUT2D eigenvalue weighted by Crippen LogP contribution is 2.29. The van der Waals surface area contributed by atoms with Crippen LogP contribution in [0.3, 0.4) is 0 Å². The van der Waals surface area contributed by atoms with Crippen LogP contribution in [0.25, 0.3) is 0 Å². The van der Waals surface area contributed by atoms with Gasteiger partial charge in [-0.1, -0.05) is 28.8 Å². The molecule has 7 heteroatoms. The van der Waals surface area contributed by atoms with Gasteiger partial charge in [-0.05, 0) is 40.8 Å². The van der Waals surface area contributed by atoms with Crippen LogP contribution in [0, 0.1) is 5.92 Å². The van der Waals surface area contributed by atoms with Gasteiger partial charge in [-0.25, -0.2) is 13.1 Å². The molecule has 1 fully saturated rings. The third kappa shape index (κ3) is 4.24. The maximum absolute atomic E-state index is 12.1. The number of halogens is 2. The summed E-state index contributed by atoms with van der Waals surface area (Å²) in [5.41, 5.74) is 0. The highest BCUT2D eigenvalue weighted by atomic mass is 79.9. The summed E-state index contributed by atoms with van der Waals surface area (Å²) in [5.74, 6) is 0.364. The van der Waals surface area contributed by atoms with Crippen molar-refractivity contribution in [2.75, 3.05) is 6.54 Å². The molecule has 2 atom stereocenters. The van der Waals surface area contributed by atoms with Gasteiger partial charge in [0.15, 0.2) is 0 Å². The Bertz CT molecular complexity index is 536. The van der Waals surface area contributed by atoms with Crippen LogP contribution in [0.4, 0.5) is 0 Å². The molecule has 1 aliphatic rings. The van der Waals surface area contributed by atoms with Crippen LogP contribution in [-0.2, 0) is 10.0 Å². The second-order valence-electron chi connectivity index (χ2n) is 4.75. The van der Waals surface area contributed by atoms with E-state index in [-0.39, 0.29) is 4.90 Å². The molecule has 1 heterocycles. The smallest absolute Gasteiger partial charge is 0.242 e. The van der Waals surface area contributed by atoms with Gasteiger partial charge in [-0.2, -0.15) is 0 Å². The second kappa shape index (κ2) is 6.65. The van der Waals surface area contributed by atoms with E-state index in [9.17, 15) is 8.42 Å². The third-order valence-corrected chi connectivity index (χ3v) is 6.37. The van der Waals surface area contributed by atoms with Crippen LogP contribution in [0.2, 0.25) is 0 Å². The third-order valence-electron chi connectivity index (χ3n) is 3.34. The maximum atomic E-state index is 12.1. The lowest BCUT2D eigenvalue weighted by atomic mass is 9.89. The molecule has 0 bridgehead atoms.